The van der Waals surface area contributed by atoms with Crippen LogP contribution in [-0.4, -0.2) is 107 Å². The number of unbranched alkanes of at least 4 members (excludes halogenated alkanes) is 2. The van der Waals surface area contributed by atoms with E-state index in [4.69, 9.17) is 11.5 Å². The predicted octanol–water partition coefficient (Wildman–Crippen LogP) is -1.66. The summed E-state index contributed by atoms with van der Waals surface area (Å²) in [6, 6.07) is -5.16. The molecule has 0 heterocycles. The average Bonchev–Trinajstić information content (AvgIpc) is 3.15. The first-order chi connectivity index (χ1) is 26.0. The van der Waals surface area contributed by atoms with Gasteiger partial charge in [0, 0.05) is 0 Å². The van der Waals surface area contributed by atoms with Crippen molar-refractivity contribution in [2.45, 2.75) is 81.1 Å². The first-order valence-electron chi connectivity index (χ1n) is 16.9. The molecule has 3 atom stereocenters. The van der Waals surface area contributed by atoms with Gasteiger partial charge in [0.05, 0.1) is 6.54 Å². The van der Waals surface area contributed by atoms with Gasteiger partial charge in [0.1, 0.15) is 6.04 Å². The summed E-state index contributed by atoms with van der Waals surface area (Å²) in [6.45, 7) is -0.980. The number of rotatable bonds is 25. The summed E-state index contributed by atoms with van der Waals surface area (Å²) in [5.41, 5.74) is 8.66. The zero-order valence-corrected chi connectivity index (χ0v) is 31.9. The first-order valence-corrected chi connectivity index (χ1v) is 19.9. The molecule has 0 aromatic heterocycles. The summed E-state index contributed by atoms with van der Waals surface area (Å²) in [5, 5.41) is 15.6. The SMILES string of the molecule is CCCCC(=O)NCC(=O)NC(CC[Se]C)C(=O)NCC(=O)NC(C(=O)NCC(=O)NC(CCCCN)C(=O)NCC(N)=O)c1c(F)c(F)c(F)c(F)c1F. The average molecular weight is 859 g/mol. The fourth-order valence-electron chi connectivity index (χ4n) is 4.58. The third-order valence-electron chi connectivity index (χ3n) is 7.45. The Morgan fingerprint density at radius 2 is 1.07 bits per heavy atom. The maximum atomic E-state index is 14.9. The Balaban J connectivity index is 3.17. The van der Waals surface area contributed by atoms with Crippen LogP contribution < -0.4 is 48.7 Å². The van der Waals surface area contributed by atoms with Gasteiger partial charge in [0.15, 0.2) is 0 Å². The second-order valence-electron chi connectivity index (χ2n) is 11.8. The zero-order chi connectivity index (χ0) is 41.7. The van der Waals surface area contributed by atoms with Gasteiger partial charge < -0.3 is 22.1 Å². The molecule has 0 aliphatic rings. The Morgan fingerprint density at radius 3 is 1.58 bits per heavy atom. The molecule has 23 heteroatoms. The molecule has 17 nitrogen and oxygen atoms in total. The summed E-state index contributed by atoms with van der Waals surface area (Å²) >= 11 is 0.0447. The Bertz CT molecular complexity index is 1530. The quantitative estimate of drug-likeness (QED) is 0.0179. The van der Waals surface area contributed by atoms with Crippen LogP contribution in [0.4, 0.5) is 22.0 Å². The second kappa shape index (κ2) is 25.2. The Hall–Kier alpha value is -4.89. The van der Waals surface area contributed by atoms with Crippen LogP contribution in [0.3, 0.4) is 0 Å². The van der Waals surface area contributed by atoms with Crippen molar-refractivity contribution >= 4 is 62.2 Å². The summed E-state index contributed by atoms with van der Waals surface area (Å²) in [6.07, 6.45) is 2.41. The molecule has 0 saturated heterocycles. The molecule has 0 aliphatic heterocycles. The molecule has 0 fully saturated rings. The normalized spacial score (nSPS) is 12.4. The van der Waals surface area contributed by atoms with E-state index in [1.165, 1.54) is 0 Å². The molecule has 0 radical (unpaired) electrons. The number of hydrogen-bond donors (Lipinski definition) is 9. The summed E-state index contributed by atoms with van der Waals surface area (Å²) in [5.74, 6) is -18.4. The summed E-state index contributed by atoms with van der Waals surface area (Å²) in [7, 11) is 0. The number of carbonyl (C=O) groups excluding carboxylic acids is 8. The molecule has 11 N–H and O–H groups in total. The Kier molecular flexibility index (Phi) is 22.1. The van der Waals surface area contributed by atoms with Crippen LogP contribution in [0, 0.1) is 29.1 Å². The van der Waals surface area contributed by atoms with Crippen LogP contribution in [-0.2, 0) is 38.4 Å². The van der Waals surface area contributed by atoms with E-state index in [9.17, 15) is 60.3 Å². The monoisotopic (exact) mass is 859 g/mol. The zero-order valence-electron chi connectivity index (χ0n) is 30.1. The molecule has 0 saturated carbocycles. The van der Waals surface area contributed by atoms with E-state index >= 15 is 0 Å². The fraction of sp³-hybridized carbons (Fsp3) is 0.562. The van der Waals surface area contributed by atoms with Crippen LogP contribution in [0.1, 0.15) is 63.5 Å². The van der Waals surface area contributed by atoms with E-state index in [0.717, 1.165) is 6.42 Å². The molecule has 0 spiro atoms. The molecule has 1 aromatic rings. The van der Waals surface area contributed by atoms with Crippen molar-refractivity contribution in [1.82, 2.24) is 37.2 Å². The van der Waals surface area contributed by atoms with Crippen molar-refractivity contribution in [3.8, 4) is 0 Å². The molecule has 0 aliphatic carbocycles. The van der Waals surface area contributed by atoms with Crippen LogP contribution in [0.15, 0.2) is 0 Å². The molecule has 3 unspecified atom stereocenters. The van der Waals surface area contributed by atoms with Crippen molar-refractivity contribution in [2.24, 2.45) is 11.5 Å². The van der Waals surface area contributed by atoms with Gasteiger partial charge in [-0.3, -0.25) is 14.4 Å². The van der Waals surface area contributed by atoms with E-state index in [0.29, 0.717) is 24.6 Å². The molecule has 1 rings (SSSR count). The van der Waals surface area contributed by atoms with Crippen LogP contribution >= 0.6 is 0 Å². The summed E-state index contributed by atoms with van der Waals surface area (Å²) < 4.78 is 72.0. The van der Waals surface area contributed by atoms with Gasteiger partial charge in [-0.25, -0.2) is 13.2 Å². The van der Waals surface area contributed by atoms with E-state index in [2.05, 4.69) is 26.6 Å². The van der Waals surface area contributed by atoms with Crippen LogP contribution in [0.5, 0.6) is 0 Å². The van der Waals surface area contributed by atoms with Crippen LogP contribution in [0.2, 0.25) is 11.1 Å². The predicted molar refractivity (Wildman–Crippen MR) is 186 cm³/mol. The van der Waals surface area contributed by atoms with Gasteiger partial charge in [-0.05, 0) is 25.8 Å². The molecule has 0 bridgehead atoms. The summed E-state index contributed by atoms with van der Waals surface area (Å²) in [4.78, 5) is 99.5. The van der Waals surface area contributed by atoms with E-state index in [-0.39, 0.29) is 46.7 Å². The van der Waals surface area contributed by atoms with Gasteiger partial charge in [-0.1, -0.05) is 0 Å². The number of nitrogens with two attached hydrogens (primary N) is 2. The minimum absolute atomic E-state index is 0.00983. The van der Waals surface area contributed by atoms with Gasteiger partial charge in [-0.2, -0.15) is 0 Å². The molecular weight excluding hydrogens is 812 g/mol. The van der Waals surface area contributed by atoms with Crippen molar-refractivity contribution < 1.29 is 60.3 Å². The molecule has 55 heavy (non-hydrogen) atoms. The van der Waals surface area contributed by atoms with Crippen molar-refractivity contribution in [1.29, 1.82) is 0 Å². The van der Waals surface area contributed by atoms with Gasteiger partial charge in [0.25, 0.3) is 0 Å². The fourth-order valence-corrected chi connectivity index (χ4v) is 5.56. The van der Waals surface area contributed by atoms with Crippen molar-refractivity contribution in [3.63, 3.8) is 0 Å². The van der Waals surface area contributed by atoms with Crippen molar-refractivity contribution in [2.75, 3.05) is 32.7 Å². The van der Waals surface area contributed by atoms with E-state index < -0.39 is 120 Å². The molecule has 308 valence electrons. The van der Waals surface area contributed by atoms with E-state index in [1.807, 2.05) is 18.1 Å². The van der Waals surface area contributed by atoms with Gasteiger partial charge >= 0.3 is 208 Å². The Morgan fingerprint density at radius 1 is 0.600 bits per heavy atom. The number of halogens is 5. The number of hydrogen-bond acceptors (Lipinski definition) is 9. The number of primary amides is 1. The Labute approximate surface area is 319 Å². The van der Waals surface area contributed by atoms with Gasteiger partial charge in [0.2, 0.25) is 23.5 Å². The number of carbonyl (C=O) groups is 8. The number of amides is 8. The van der Waals surface area contributed by atoms with Crippen molar-refractivity contribution in [3.05, 3.63) is 34.6 Å². The van der Waals surface area contributed by atoms with Crippen LogP contribution in [0.25, 0.3) is 0 Å². The standard InChI is InChI=1S/C32H46F5N9O8Se/c1-3-4-8-19(48)40-13-20(49)45-17(9-11-55-2)31(53)42-15-22(51)46-29(23-24(33)26(35)28(37)27(36)25(23)34)32(54)43-14-21(50)44-16(7-5-6-10-38)30(52)41-12-18(39)47/h16-17,29H,3-15,38H2,1-2H3,(H2,39,47)(H,40,48)(H,41,52)(H,42,53)(H,43,54)(H,44,50)(H,45,49)(H,46,51). The first kappa shape index (κ1) is 48.1. The number of nitrogens with one attached hydrogen (secondary N) is 7. The third-order valence-corrected chi connectivity index (χ3v) is 8.80. The molecule has 8 amide bonds. The minimum atomic E-state index is -2.67. The van der Waals surface area contributed by atoms with Gasteiger partial charge in [-0.15, -0.1) is 0 Å². The maximum absolute atomic E-state index is 14.9. The topological polar surface area (TPSA) is 273 Å². The third kappa shape index (κ3) is 17.0. The molecular formula is C32H46F5N9O8Se. The second-order valence-corrected chi connectivity index (χ2v) is 13.9. The van der Waals surface area contributed by atoms with E-state index in [1.54, 1.807) is 5.32 Å². The number of benzene rings is 1. The molecule has 1 aromatic carbocycles.